The van der Waals surface area contributed by atoms with E-state index in [2.05, 4.69) is 164 Å². The first kappa shape index (κ1) is 31.1. The smallest absolute Gasteiger partial charge is 0.164 e. The van der Waals surface area contributed by atoms with Crippen molar-refractivity contribution in [3.63, 3.8) is 0 Å². The van der Waals surface area contributed by atoms with Gasteiger partial charge in [0, 0.05) is 27.5 Å². The van der Waals surface area contributed by atoms with E-state index in [0.717, 1.165) is 71.3 Å². The van der Waals surface area contributed by atoms with Gasteiger partial charge in [-0.3, -0.25) is 0 Å². The molecule has 2 aromatic heterocycles. The minimum absolute atomic E-state index is 0.617. The largest absolute Gasteiger partial charge is 0.456 e. The molecule has 0 aliphatic heterocycles. The van der Waals surface area contributed by atoms with E-state index in [4.69, 9.17) is 19.4 Å². The highest BCUT2D eigenvalue weighted by molar-refractivity contribution is 6.10. The maximum Gasteiger partial charge on any atom is 0.164 e. The van der Waals surface area contributed by atoms with Gasteiger partial charge in [0.15, 0.2) is 17.5 Å². The molecule has 11 aromatic rings. The van der Waals surface area contributed by atoms with E-state index in [1.165, 1.54) is 21.9 Å². The molecule has 0 bridgehead atoms. The monoisotopic (exact) mass is 701 g/mol. The van der Waals surface area contributed by atoms with Gasteiger partial charge < -0.3 is 4.42 Å². The third-order valence-electron chi connectivity index (χ3n) is 10.7. The summed E-state index contributed by atoms with van der Waals surface area (Å²) in [5.74, 6) is 1.87. The average molecular weight is 702 g/mol. The molecule has 0 aliphatic carbocycles. The Labute approximate surface area is 317 Å². The molecule has 0 aliphatic rings. The van der Waals surface area contributed by atoms with E-state index in [9.17, 15) is 0 Å². The summed E-state index contributed by atoms with van der Waals surface area (Å²) in [7, 11) is 0. The number of fused-ring (bicyclic) bond motifs is 6. The normalized spacial score (nSPS) is 11.6. The molecule has 0 radical (unpaired) electrons. The first-order valence-electron chi connectivity index (χ1n) is 18.5. The molecular formula is C51H31N3O. The van der Waals surface area contributed by atoms with Crippen LogP contribution in [0.2, 0.25) is 0 Å². The highest BCUT2D eigenvalue weighted by atomic mass is 16.3. The van der Waals surface area contributed by atoms with Crippen LogP contribution in [0.4, 0.5) is 0 Å². The molecule has 4 nitrogen and oxygen atoms in total. The lowest BCUT2D eigenvalue weighted by Crippen LogP contribution is -2.01. The molecule has 2 heterocycles. The number of hydrogen-bond acceptors (Lipinski definition) is 4. The van der Waals surface area contributed by atoms with E-state index >= 15 is 0 Å². The molecular weight excluding hydrogens is 671 g/mol. The summed E-state index contributed by atoms with van der Waals surface area (Å²) < 4.78 is 6.21. The molecule has 0 saturated heterocycles. The molecule has 0 saturated carbocycles. The van der Waals surface area contributed by atoms with Gasteiger partial charge in [-0.15, -0.1) is 0 Å². The van der Waals surface area contributed by atoms with Crippen LogP contribution < -0.4 is 0 Å². The van der Waals surface area contributed by atoms with Crippen molar-refractivity contribution in [1.29, 1.82) is 0 Å². The number of nitrogens with zero attached hydrogens (tertiary/aromatic N) is 3. The number of benzene rings is 9. The molecule has 55 heavy (non-hydrogen) atoms. The molecule has 0 unspecified atom stereocenters. The second-order valence-electron chi connectivity index (χ2n) is 14.0. The van der Waals surface area contributed by atoms with E-state index in [1.807, 2.05) is 24.3 Å². The topological polar surface area (TPSA) is 51.8 Å². The minimum atomic E-state index is 0.617. The van der Waals surface area contributed by atoms with Gasteiger partial charge >= 0.3 is 0 Å². The third kappa shape index (κ3) is 5.34. The van der Waals surface area contributed by atoms with Crippen molar-refractivity contribution >= 4 is 54.3 Å². The highest BCUT2D eigenvalue weighted by Crippen LogP contribution is 2.38. The minimum Gasteiger partial charge on any atom is -0.456 e. The molecule has 9 aromatic carbocycles. The molecule has 0 atom stereocenters. The van der Waals surface area contributed by atoms with E-state index < -0.39 is 0 Å². The molecule has 0 amide bonds. The Morgan fingerprint density at radius 3 is 1.78 bits per heavy atom. The molecule has 11 rings (SSSR count). The van der Waals surface area contributed by atoms with Crippen molar-refractivity contribution in [2.24, 2.45) is 0 Å². The van der Waals surface area contributed by atoms with Crippen molar-refractivity contribution in [2.75, 3.05) is 0 Å². The molecule has 0 fully saturated rings. The van der Waals surface area contributed by atoms with Gasteiger partial charge in [0.25, 0.3) is 0 Å². The van der Waals surface area contributed by atoms with Crippen LogP contribution in [-0.4, -0.2) is 15.0 Å². The number of para-hydroxylation sites is 1. The van der Waals surface area contributed by atoms with Crippen LogP contribution >= 0.6 is 0 Å². The van der Waals surface area contributed by atoms with Gasteiger partial charge in [-0.1, -0.05) is 158 Å². The van der Waals surface area contributed by atoms with E-state index in [0.29, 0.717) is 17.5 Å². The number of rotatable bonds is 5. The fourth-order valence-corrected chi connectivity index (χ4v) is 8.02. The van der Waals surface area contributed by atoms with Crippen LogP contribution in [0.3, 0.4) is 0 Å². The standard InChI is InChI=1S/C51H31N3O/c1-2-12-32(13-3-1)40-18-6-7-20-44(40)50-52-49(37-25-24-34-31-48-46(30-38(34)29-37)43-19-8-9-23-47(43)55-48)53-51(54-50)45-22-11-16-35-28-36(26-27-42(35)45)41-21-10-15-33-14-4-5-17-39(33)41/h1-31H. The fourth-order valence-electron chi connectivity index (χ4n) is 8.02. The van der Waals surface area contributed by atoms with Gasteiger partial charge in [-0.05, 0) is 84.9 Å². The molecule has 4 heteroatoms. The highest BCUT2D eigenvalue weighted by Gasteiger charge is 2.18. The average Bonchev–Trinajstić information content (AvgIpc) is 3.62. The zero-order chi connectivity index (χ0) is 36.3. The predicted molar refractivity (Wildman–Crippen MR) is 227 cm³/mol. The maximum absolute atomic E-state index is 6.21. The van der Waals surface area contributed by atoms with Crippen LogP contribution in [0, 0.1) is 0 Å². The van der Waals surface area contributed by atoms with Crippen molar-refractivity contribution in [2.45, 2.75) is 0 Å². The van der Waals surface area contributed by atoms with Gasteiger partial charge in [-0.2, -0.15) is 0 Å². The summed E-state index contributed by atoms with van der Waals surface area (Å²) in [5.41, 5.74) is 9.14. The van der Waals surface area contributed by atoms with Gasteiger partial charge in [0.2, 0.25) is 0 Å². The number of aromatic nitrogens is 3. The Balaban J connectivity index is 1.11. The summed E-state index contributed by atoms with van der Waals surface area (Å²) in [5, 5.41) is 9.05. The van der Waals surface area contributed by atoms with Crippen LogP contribution in [0.5, 0.6) is 0 Å². The van der Waals surface area contributed by atoms with Crippen molar-refractivity contribution in [3.05, 3.63) is 188 Å². The third-order valence-corrected chi connectivity index (χ3v) is 10.7. The zero-order valence-electron chi connectivity index (χ0n) is 29.6. The van der Waals surface area contributed by atoms with E-state index in [-0.39, 0.29) is 0 Å². The Hall–Kier alpha value is -7.43. The van der Waals surface area contributed by atoms with Gasteiger partial charge in [0.1, 0.15) is 11.2 Å². The first-order valence-corrected chi connectivity index (χ1v) is 18.5. The van der Waals surface area contributed by atoms with Gasteiger partial charge in [0.05, 0.1) is 0 Å². The van der Waals surface area contributed by atoms with Crippen molar-refractivity contribution in [3.8, 4) is 56.4 Å². The zero-order valence-corrected chi connectivity index (χ0v) is 29.6. The molecule has 0 N–H and O–H groups in total. The fraction of sp³-hybridized carbons (Fsp3) is 0. The van der Waals surface area contributed by atoms with Crippen molar-refractivity contribution < 1.29 is 4.42 Å². The summed E-state index contributed by atoms with van der Waals surface area (Å²) in [4.78, 5) is 15.7. The second kappa shape index (κ2) is 12.6. The Bertz CT molecular complexity index is 3270. The lowest BCUT2D eigenvalue weighted by molar-refractivity contribution is 0.669. The SMILES string of the molecule is c1ccc(-c2ccccc2-c2nc(-c3ccc4cc5oc6ccccc6c5cc4c3)nc(-c3cccc4cc(-c5cccc6ccccc56)ccc34)n2)cc1. The second-order valence-corrected chi connectivity index (χ2v) is 14.0. The maximum atomic E-state index is 6.21. The Kier molecular flexibility index (Phi) is 7.14. The van der Waals surface area contributed by atoms with Crippen LogP contribution in [0.1, 0.15) is 0 Å². The first-order chi connectivity index (χ1) is 27.2. The predicted octanol–water partition coefficient (Wildman–Crippen LogP) is 13.6. The molecule has 0 spiro atoms. The molecule has 256 valence electrons. The summed E-state index contributed by atoms with van der Waals surface area (Å²) in [6.07, 6.45) is 0. The summed E-state index contributed by atoms with van der Waals surface area (Å²) in [6.45, 7) is 0. The van der Waals surface area contributed by atoms with Crippen LogP contribution in [0.25, 0.3) is 111 Å². The van der Waals surface area contributed by atoms with Crippen LogP contribution in [-0.2, 0) is 0 Å². The lowest BCUT2D eigenvalue weighted by Gasteiger charge is -2.14. The van der Waals surface area contributed by atoms with E-state index in [1.54, 1.807) is 0 Å². The van der Waals surface area contributed by atoms with Crippen LogP contribution in [0.15, 0.2) is 192 Å². The number of hydrogen-bond donors (Lipinski definition) is 0. The summed E-state index contributed by atoms with van der Waals surface area (Å²) in [6, 6.07) is 65.9. The Morgan fingerprint density at radius 1 is 0.273 bits per heavy atom. The van der Waals surface area contributed by atoms with Gasteiger partial charge in [-0.25, -0.2) is 15.0 Å². The Morgan fingerprint density at radius 2 is 0.891 bits per heavy atom. The summed E-state index contributed by atoms with van der Waals surface area (Å²) >= 11 is 0. The lowest BCUT2D eigenvalue weighted by atomic mass is 9.95. The number of furan rings is 1. The quantitative estimate of drug-likeness (QED) is 0.179. The van der Waals surface area contributed by atoms with Crippen molar-refractivity contribution in [1.82, 2.24) is 15.0 Å².